The molecule has 8 nitrogen and oxygen atoms in total. The first-order valence-electron chi connectivity index (χ1n) is 9.27. The summed E-state index contributed by atoms with van der Waals surface area (Å²) >= 11 is 1.12. The number of thiazole rings is 1. The lowest BCUT2D eigenvalue weighted by atomic mass is 10.3. The van der Waals surface area contributed by atoms with Gasteiger partial charge in [0.1, 0.15) is 15.3 Å². The van der Waals surface area contributed by atoms with Gasteiger partial charge in [-0.15, -0.1) is 11.3 Å². The summed E-state index contributed by atoms with van der Waals surface area (Å²) in [5, 5.41) is 18.4. The molecule has 2 aromatic rings. The zero-order valence-electron chi connectivity index (χ0n) is 16.7. The lowest BCUT2D eigenvalue weighted by molar-refractivity contribution is -0.115. The molecule has 0 fully saturated rings. The van der Waals surface area contributed by atoms with Crippen molar-refractivity contribution in [2.24, 2.45) is 0 Å². The summed E-state index contributed by atoms with van der Waals surface area (Å²) in [5.41, 5.74) is 1.43. The van der Waals surface area contributed by atoms with Gasteiger partial charge in [-0.05, 0) is 32.0 Å². The Labute approximate surface area is 173 Å². The van der Waals surface area contributed by atoms with Crippen LogP contribution < -0.4 is 30.7 Å². The van der Waals surface area contributed by atoms with Gasteiger partial charge in [0.2, 0.25) is 0 Å². The maximum atomic E-state index is 12.7. The van der Waals surface area contributed by atoms with Crippen LogP contribution >= 0.6 is 11.3 Å². The van der Waals surface area contributed by atoms with Crippen LogP contribution in [0.1, 0.15) is 13.8 Å². The third-order valence-electron chi connectivity index (χ3n) is 3.98. The van der Waals surface area contributed by atoms with E-state index < -0.39 is 5.91 Å². The van der Waals surface area contributed by atoms with Gasteiger partial charge in [-0.1, -0.05) is 6.07 Å². The summed E-state index contributed by atoms with van der Waals surface area (Å²) in [6, 6.07) is 9.56. The van der Waals surface area contributed by atoms with Crippen LogP contribution in [0, 0.1) is 11.3 Å². The van der Waals surface area contributed by atoms with Crippen molar-refractivity contribution in [2.75, 3.05) is 37.4 Å². The number of hydrogen-bond donors (Lipinski definition) is 3. The second-order valence-corrected chi connectivity index (χ2v) is 6.99. The van der Waals surface area contributed by atoms with E-state index in [1.165, 1.54) is 4.57 Å². The highest BCUT2D eigenvalue weighted by molar-refractivity contribution is 7.07. The summed E-state index contributed by atoms with van der Waals surface area (Å²) in [5.74, 6) is -0.479. The van der Waals surface area contributed by atoms with Crippen LogP contribution in [0.15, 0.2) is 29.1 Å². The average Bonchev–Trinajstić information content (AvgIpc) is 3.03. The Bertz CT molecular complexity index is 1070. The summed E-state index contributed by atoms with van der Waals surface area (Å²) in [4.78, 5) is 24.9. The van der Waals surface area contributed by atoms with Crippen molar-refractivity contribution in [3.8, 4) is 6.07 Å². The highest BCUT2D eigenvalue weighted by atomic mass is 32.1. The third kappa shape index (κ3) is 5.70. The van der Waals surface area contributed by atoms with E-state index in [0.29, 0.717) is 35.4 Å². The van der Waals surface area contributed by atoms with Gasteiger partial charge in [-0.3, -0.25) is 14.2 Å². The highest BCUT2D eigenvalue weighted by Crippen LogP contribution is 2.14. The first kappa shape index (κ1) is 22.2. The molecule has 3 N–H and O–H groups in total. The molecule has 1 amide bonds. The Kier molecular flexibility index (Phi) is 8.45. The van der Waals surface area contributed by atoms with Crippen molar-refractivity contribution in [3.63, 3.8) is 0 Å². The van der Waals surface area contributed by atoms with Crippen LogP contribution in [-0.2, 0) is 16.1 Å². The Hall–Kier alpha value is -3.09. The fraction of sp³-hybridized carbons (Fsp3) is 0.350. The molecule has 1 aromatic carbocycles. The van der Waals surface area contributed by atoms with Crippen molar-refractivity contribution >= 4 is 40.4 Å². The average molecular weight is 416 g/mol. The zero-order chi connectivity index (χ0) is 21.2. The molecule has 154 valence electrons. The van der Waals surface area contributed by atoms with Crippen LogP contribution in [-0.4, -0.2) is 37.3 Å². The number of methoxy groups -OCH3 is 1. The van der Waals surface area contributed by atoms with E-state index in [1.54, 1.807) is 27.2 Å². The minimum atomic E-state index is -0.479. The second kappa shape index (κ2) is 11.0. The number of ether oxygens (including phenoxy) is 1. The topological polar surface area (TPSA) is 108 Å². The molecule has 0 saturated heterocycles. The van der Waals surface area contributed by atoms with Crippen molar-refractivity contribution in [3.05, 3.63) is 43.8 Å². The largest absolute Gasteiger partial charge is 0.383 e. The van der Waals surface area contributed by atoms with Crippen molar-refractivity contribution < 1.29 is 9.53 Å². The van der Waals surface area contributed by atoms with E-state index in [1.807, 2.05) is 30.3 Å². The molecule has 29 heavy (non-hydrogen) atoms. The van der Waals surface area contributed by atoms with Crippen LogP contribution in [0.4, 0.5) is 11.4 Å². The van der Waals surface area contributed by atoms with Crippen LogP contribution in [0.25, 0.3) is 11.8 Å². The first-order valence-corrected chi connectivity index (χ1v) is 10.1. The van der Waals surface area contributed by atoms with Crippen molar-refractivity contribution in [1.29, 1.82) is 5.26 Å². The quantitative estimate of drug-likeness (QED) is 0.519. The first-order chi connectivity index (χ1) is 14.0. The molecule has 9 heteroatoms. The Balaban J connectivity index is 2.39. The molecule has 0 saturated carbocycles. The van der Waals surface area contributed by atoms with Gasteiger partial charge >= 0.3 is 0 Å². The Morgan fingerprint density at radius 3 is 2.76 bits per heavy atom. The smallest absolute Gasteiger partial charge is 0.270 e. The van der Waals surface area contributed by atoms with Crippen molar-refractivity contribution in [2.45, 2.75) is 20.4 Å². The number of nitrogens with one attached hydrogen (secondary N) is 3. The molecule has 0 bridgehead atoms. The predicted octanol–water partition coefficient (Wildman–Crippen LogP) is 0.648. The molecule has 2 rings (SSSR count). The molecule has 0 radical (unpaired) electrons. The van der Waals surface area contributed by atoms with Crippen LogP contribution in [0.2, 0.25) is 0 Å². The molecule has 0 atom stereocenters. The monoisotopic (exact) mass is 415 g/mol. The van der Waals surface area contributed by atoms with Gasteiger partial charge in [0.25, 0.3) is 11.5 Å². The minimum Gasteiger partial charge on any atom is -0.383 e. The summed E-state index contributed by atoms with van der Waals surface area (Å²) in [6.45, 7) is 5.63. The number of carbonyl (C=O) groups is 1. The molecule has 1 heterocycles. The number of nitriles is 1. The van der Waals surface area contributed by atoms with Crippen LogP contribution in [0.5, 0.6) is 0 Å². The van der Waals surface area contributed by atoms with E-state index in [0.717, 1.165) is 22.7 Å². The molecule has 0 aliphatic carbocycles. The van der Waals surface area contributed by atoms with Gasteiger partial charge in [0, 0.05) is 44.3 Å². The van der Waals surface area contributed by atoms with Crippen molar-refractivity contribution in [1.82, 2.24) is 9.88 Å². The van der Waals surface area contributed by atoms with Gasteiger partial charge in [0.05, 0.1) is 6.61 Å². The fourth-order valence-corrected chi connectivity index (χ4v) is 3.69. The number of carbonyl (C=O) groups excluding carboxylic acids is 1. The van der Waals surface area contributed by atoms with Gasteiger partial charge in [0.15, 0.2) is 5.57 Å². The lowest BCUT2D eigenvalue weighted by Gasteiger charge is -2.07. The number of amides is 1. The van der Waals surface area contributed by atoms with Gasteiger partial charge in [-0.2, -0.15) is 5.26 Å². The van der Waals surface area contributed by atoms with Gasteiger partial charge in [-0.25, -0.2) is 0 Å². The maximum Gasteiger partial charge on any atom is 0.270 e. The van der Waals surface area contributed by atoms with Gasteiger partial charge < -0.3 is 20.7 Å². The number of benzene rings is 1. The molecule has 0 spiro atoms. The summed E-state index contributed by atoms with van der Waals surface area (Å²) in [7, 11) is 1.65. The van der Waals surface area contributed by atoms with E-state index in [2.05, 4.69) is 16.0 Å². The zero-order valence-corrected chi connectivity index (χ0v) is 17.6. The molecular weight excluding hydrogens is 390 g/mol. The lowest BCUT2D eigenvalue weighted by Crippen LogP contribution is -2.34. The Morgan fingerprint density at radius 1 is 1.34 bits per heavy atom. The fourth-order valence-electron chi connectivity index (χ4n) is 2.60. The normalized spacial score (nSPS) is 12.3. The number of nitrogens with zero attached hydrogens (tertiary/aromatic N) is 2. The number of hydrogen-bond acceptors (Lipinski definition) is 7. The highest BCUT2D eigenvalue weighted by Gasteiger charge is 2.14. The summed E-state index contributed by atoms with van der Waals surface area (Å²) in [6.07, 6.45) is 1.60. The summed E-state index contributed by atoms with van der Waals surface area (Å²) < 4.78 is 7.23. The minimum absolute atomic E-state index is 0.0557. The number of aromatic nitrogens is 1. The Morgan fingerprint density at radius 2 is 2.10 bits per heavy atom. The number of rotatable bonds is 9. The maximum absolute atomic E-state index is 12.7. The number of anilines is 2. The van der Waals surface area contributed by atoms with E-state index in [9.17, 15) is 14.9 Å². The van der Waals surface area contributed by atoms with E-state index in [4.69, 9.17) is 4.74 Å². The third-order valence-corrected chi connectivity index (χ3v) is 5.11. The van der Waals surface area contributed by atoms with E-state index in [-0.39, 0.29) is 11.1 Å². The standard InChI is InChI=1S/C20H25N5O3S/c1-4-22-18(26)16(12-21)20-25(5-2)19(27)17(29-20)13-24-15-8-6-7-14(11-15)23-9-10-28-3/h6-8,11,13,23-24H,4-5,9-10H2,1-3H3,(H,22,26)/b17-13+,20-16-. The predicted molar refractivity (Wildman–Crippen MR) is 116 cm³/mol. The molecule has 0 unspecified atom stereocenters. The molecule has 0 aliphatic rings. The molecule has 0 aliphatic heterocycles. The van der Waals surface area contributed by atoms with Crippen LogP contribution in [0.3, 0.4) is 0 Å². The SMILES string of the molecule is CCNC(=O)/C(C#N)=c1\s/c(=C/Nc2cccc(NCCOC)c2)c(=O)n1CC. The molecular formula is C20H25N5O3S. The second-order valence-electron chi connectivity index (χ2n) is 5.96. The molecule has 1 aromatic heterocycles. The van der Waals surface area contributed by atoms with E-state index >= 15 is 0 Å².